The first-order chi connectivity index (χ1) is 6.31. The van der Waals surface area contributed by atoms with Gasteiger partial charge in [-0.15, -0.1) is 0 Å². The standard InChI is InChI=1S/C10H17N3/c1-11-10-7-9(12-13(10)2)8-5-3-4-6-8/h7-8,11H,3-6H2,1-2H3. The SMILES string of the molecule is CNc1cc(C2CCCC2)nn1C. The molecule has 1 aromatic heterocycles. The molecule has 13 heavy (non-hydrogen) atoms. The van der Waals surface area contributed by atoms with Crippen LogP contribution in [0.3, 0.4) is 0 Å². The van der Waals surface area contributed by atoms with Crippen LogP contribution in [0.2, 0.25) is 0 Å². The second kappa shape index (κ2) is 3.40. The van der Waals surface area contributed by atoms with Crippen molar-refractivity contribution in [3.63, 3.8) is 0 Å². The molecule has 1 heterocycles. The third-order valence-corrected chi connectivity index (χ3v) is 2.93. The summed E-state index contributed by atoms with van der Waals surface area (Å²) in [5.74, 6) is 1.83. The van der Waals surface area contributed by atoms with Gasteiger partial charge in [-0.3, -0.25) is 4.68 Å². The number of aromatic nitrogens is 2. The lowest BCUT2D eigenvalue weighted by molar-refractivity contribution is 0.659. The van der Waals surface area contributed by atoms with Crippen molar-refractivity contribution in [1.29, 1.82) is 0 Å². The second-order valence-corrected chi connectivity index (χ2v) is 3.81. The average Bonchev–Trinajstić information content (AvgIpc) is 2.71. The van der Waals surface area contributed by atoms with Crippen LogP contribution < -0.4 is 5.32 Å². The Morgan fingerprint density at radius 3 is 2.69 bits per heavy atom. The van der Waals surface area contributed by atoms with Crippen LogP contribution in [-0.4, -0.2) is 16.8 Å². The van der Waals surface area contributed by atoms with E-state index in [1.54, 1.807) is 0 Å². The summed E-state index contributed by atoms with van der Waals surface area (Å²) in [6.45, 7) is 0. The highest BCUT2D eigenvalue weighted by Crippen LogP contribution is 2.33. The Bertz CT molecular complexity index is 284. The van der Waals surface area contributed by atoms with Gasteiger partial charge < -0.3 is 5.32 Å². The molecule has 3 nitrogen and oxygen atoms in total. The van der Waals surface area contributed by atoms with Crippen LogP contribution in [-0.2, 0) is 7.05 Å². The van der Waals surface area contributed by atoms with Crippen molar-refractivity contribution in [2.75, 3.05) is 12.4 Å². The van der Waals surface area contributed by atoms with Crippen LogP contribution in [0.5, 0.6) is 0 Å². The molecule has 0 spiro atoms. The molecule has 1 aromatic rings. The Labute approximate surface area is 79.1 Å². The van der Waals surface area contributed by atoms with Crippen molar-refractivity contribution in [2.24, 2.45) is 7.05 Å². The maximum absolute atomic E-state index is 4.52. The van der Waals surface area contributed by atoms with Gasteiger partial charge in [0.1, 0.15) is 5.82 Å². The molecule has 0 amide bonds. The molecule has 0 unspecified atom stereocenters. The predicted molar refractivity (Wildman–Crippen MR) is 54.0 cm³/mol. The lowest BCUT2D eigenvalue weighted by Crippen LogP contribution is -1.99. The summed E-state index contributed by atoms with van der Waals surface area (Å²) in [6, 6.07) is 2.18. The van der Waals surface area contributed by atoms with Gasteiger partial charge in [0.15, 0.2) is 0 Å². The Balaban J connectivity index is 2.20. The van der Waals surface area contributed by atoms with Crippen LogP contribution in [0, 0.1) is 0 Å². The first-order valence-corrected chi connectivity index (χ1v) is 5.03. The zero-order chi connectivity index (χ0) is 9.26. The average molecular weight is 179 g/mol. The minimum Gasteiger partial charge on any atom is -0.373 e. The van der Waals surface area contributed by atoms with Crippen molar-refractivity contribution in [3.05, 3.63) is 11.8 Å². The summed E-state index contributed by atoms with van der Waals surface area (Å²) in [4.78, 5) is 0. The fourth-order valence-electron chi connectivity index (χ4n) is 2.14. The Morgan fingerprint density at radius 2 is 2.15 bits per heavy atom. The number of nitrogens with zero attached hydrogens (tertiary/aromatic N) is 2. The van der Waals surface area contributed by atoms with Gasteiger partial charge in [-0.2, -0.15) is 5.10 Å². The van der Waals surface area contributed by atoms with Gasteiger partial charge in [-0.25, -0.2) is 0 Å². The molecule has 1 fully saturated rings. The van der Waals surface area contributed by atoms with Crippen LogP contribution in [0.25, 0.3) is 0 Å². The van der Waals surface area contributed by atoms with Crippen molar-refractivity contribution >= 4 is 5.82 Å². The topological polar surface area (TPSA) is 29.9 Å². The van der Waals surface area contributed by atoms with Crippen molar-refractivity contribution in [2.45, 2.75) is 31.6 Å². The molecule has 1 aliphatic rings. The molecule has 2 rings (SSSR count). The molecular weight excluding hydrogens is 162 g/mol. The van der Waals surface area contributed by atoms with Crippen LogP contribution in [0.4, 0.5) is 5.82 Å². The normalized spacial score (nSPS) is 18.0. The van der Waals surface area contributed by atoms with E-state index >= 15 is 0 Å². The summed E-state index contributed by atoms with van der Waals surface area (Å²) in [6.07, 6.45) is 5.38. The van der Waals surface area contributed by atoms with Crippen LogP contribution >= 0.6 is 0 Å². The largest absolute Gasteiger partial charge is 0.373 e. The molecule has 1 saturated carbocycles. The molecule has 0 saturated heterocycles. The highest BCUT2D eigenvalue weighted by atomic mass is 15.3. The first kappa shape index (κ1) is 8.60. The van der Waals surface area contributed by atoms with E-state index in [2.05, 4.69) is 16.5 Å². The fraction of sp³-hybridized carbons (Fsp3) is 0.700. The van der Waals surface area contributed by atoms with Gasteiger partial charge in [0.2, 0.25) is 0 Å². The smallest absolute Gasteiger partial charge is 0.123 e. The van der Waals surface area contributed by atoms with Gasteiger partial charge in [0, 0.05) is 26.1 Å². The summed E-state index contributed by atoms with van der Waals surface area (Å²) in [5.41, 5.74) is 1.27. The van der Waals surface area contributed by atoms with E-state index in [1.807, 2.05) is 18.8 Å². The number of hydrogen-bond acceptors (Lipinski definition) is 2. The van der Waals surface area contributed by atoms with Gasteiger partial charge in [0.25, 0.3) is 0 Å². The summed E-state index contributed by atoms with van der Waals surface area (Å²) in [5, 5.41) is 7.66. The molecular formula is C10H17N3. The third kappa shape index (κ3) is 1.55. The Hall–Kier alpha value is -0.990. The predicted octanol–water partition coefficient (Wildman–Crippen LogP) is 2.12. The summed E-state index contributed by atoms with van der Waals surface area (Å²) in [7, 11) is 3.93. The Kier molecular flexibility index (Phi) is 2.25. The highest BCUT2D eigenvalue weighted by molar-refractivity contribution is 5.37. The van der Waals surface area contributed by atoms with Crippen LogP contribution in [0.15, 0.2) is 6.07 Å². The molecule has 0 atom stereocenters. The number of rotatable bonds is 2. The lowest BCUT2D eigenvalue weighted by Gasteiger charge is -2.02. The Morgan fingerprint density at radius 1 is 1.46 bits per heavy atom. The summed E-state index contributed by atoms with van der Waals surface area (Å²) >= 11 is 0. The van der Waals surface area contributed by atoms with Crippen molar-refractivity contribution in [1.82, 2.24) is 9.78 Å². The molecule has 1 N–H and O–H groups in total. The molecule has 0 aliphatic heterocycles. The van der Waals surface area contributed by atoms with Gasteiger partial charge >= 0.3 is 0 Å². The van der Waals surface area contributed by atoms with Crippen LogP contribution in [0.1, 0.15) is 37.3 Å². The third-order valence-electron chi connectivity index (χ3n) is 2.93. The van der Waals surface area contributed by atoms with E-state index in [0.717, 1.165) is 5.82 Å². The first-order valence-electron chi connectivity index (χ1n) is 5.03. The molecule has 0 radical (unpaired) electrons. The molecule has 72 valence electrons. The maximum Gasteiger partial charge on any atom is 0.123 e. The number of hydrogen-bond donors (Lipinski definition) is 1. The molecule has 3 heteroatoms. The van der Waals surface area contributed by atoms with Crippen molar-refractivity contribution < 1.29 is 0 Å². The molecule has 0 bridgehead atoms. The highest BCUT2D eigenvalue weighted by Gasteiger charge is 2.20. The monoisotopic (exact) mass is 179 g/mol. The number of nitrogens with one attached hydrogen (secondary N) is 1. The lowest BCUT2D eigenvalue weighted by atomic mass is 10.0. The van der Waals surface area contributed by atoms with Crippen molar-refractivity contribution in [3.8, 4) is 0 Å². The second-order valence-electron chi connectivity index (χ2n) is 3.81. The van der Waals surface area contributed by atoms with E-state index in [4.69, 9.17) is 0 Å². The van der Waals surface area contributed by atoms with E-state index in [1.165, 1.54) is 31.4 Å². The zero-order valence-corrected chi connectivity index (χ0v) is 8.38. The zero-order valence-electron chi connectivity index (χ0n) is 8.38. The van der Waals surface area contributed by atoms with E-state index in [0.29, 0.717) is 5.92 Å². The van der Waals surface area contributed by atoms with Gasteiger partial charge in [0.05, 0.1) is 5.69 Å². The van der Waals surface area contributed by atoms with E-state index in [-0.39, 0.29) is 0 Å². The minimum atomic E-state index is 0.716. The minimum absolute atomic E-state index is 0.716. The van der Waals surface area contributed by atoms with E-state index in [9.17, 15) is 0 Å². The van der Waals surface area contributed by atoms with E-state index < -0.39 is 0 Å². The number of aryl methyl sites for hydroxylation is 1. The summed E-state index contributed by atoms with van der Waals surface area (Å²) < 4.78 is 1.92. The molecule has 0 aromatic carbocycles. The fourth-order valence-corrected chi connectivity index (χ4v) is 2.14. The quantitative estimate of drug-likeness (QED) is 0.753. The van der Waals surface area contributed by atoms with Gasteiger partial charge in [-0.05, 0) is 12.8 Å². The number of anilines is 1. The molecule has 1 aliphatic carbocycles. The maximum atomic E-state index is 4.52. The van der Waals surface area contributed by atoms with Gasteiger partial charge in [-0.1, -0.05) is 12.8 Å².